The molecule has 0 aromatic heterocycles. The fraction of sp³-hybridized carbons (Fsp3) is 0.529. The van der Waals surface area contributed by atoms with Crippen molar-refractivity contribution in [1.29, 1.82) is 0 Å². The quantitative estimate of drug-likeness (QED) is 0.840. The van der Waals surface area contributed by atoms with Crippen LogP contribution in [-0.2, 0) is 10.3 Å². The number of benzene rings is 1. The van der Waals surface area contributed by atoms with Crippen molar-refractivity contribution in [2.24, 2.45) is 0 Å². The minimum absolute atomic E-state index is 0.00838. The summed E-state index contributed by atoms with van der Waals surface area (Å²) in [5, 5.41) is 13.3. The molecule has 23 heavy (non-hydrogen) atoms. The number of rotatable bonds is 3. The molecule has 1 atom stereocenters. The Labute approximate surface area is 134 Å². The maximum Gasteiger partial charge on any atom is 0.325 e. The SMILES string of the molecule is CC1(c2ccc(F)cc2)NC(=O)N(CC2(O)CCCCC2)C1=O. The zero-order valence-electron chi connectivity index (χ0n) is 13.1. The number of imide groups is 1. The van der Waals surface area contributed by atoms with Crippen LogP contribution in [0.2, 0.25) is 0 Å². The highest BCUT2D eigenvalue weighted by atomic mass is 19.1. The summed E-state index contributed by atoms with van der Waals surface area (Å²) in [5.74, 6) is -0.810. The average Bonchev–Trinajstić information content (AvgIpc) is 2.73. The Hall–Kier alpha value is -1.95. The average molecular weight is 320 g/mol. The van der Waals surface area contributed by atoms with E-state index in [9.17, 15) is 19.1 Å². The van der Waals surface area contributed by atoms with Gasteiger partial charge in [-0.3, -0.25) is 9.69 Å². The van der Waals surface area contributed by atoms with Crippen LogP contribution >= 0.6 is 0 Å². The van der Waals surface area contributed by atoms with Gasteiger partial charge in [0.15, 0.2) is 0 Å². The molecular weight excluding hydrogens is 299 g/mol. The van der Waals surface area contributed by atoms with Crippen LogP contribution in [0, 0.1) is 5.82 Å². The summed E-state index contributed by atoms with van der Waals surface area (Å²) in [7, 11) is 0. The minimum atomic E-state index is -1.23. The molecule has 124 valence electrons. The Balaban J connectivity index is 1.83. The zero-order chi connectivity index (χ0) is 16.7. The van der Waals surface area contributed by atoms with E-state index in [0.29, 0.717) is 18.4 Å². The Morgan fingerprint density at radius 2 is 1.78 bits per heavy atom. The van der Waals surface area contributed by atoms with Crippen molar-refractivity contribution >= 4 is 11.9 Å². The Kier molecular flexibility index (Phi) is 3.88. The second-order valence-electron chi connectivity index (χ2n) is 6.74. The Morgan fingerprint density at radius 3 is 2.39 bits per heavy atom. The summed E-state index contributed by atoms with van der Waals surface area (Å²) >= 11 is 0. The molecule has 1 aliphatic carbocycles. The number of aliphatic hydroxyl groups is 1. The number of halogens is 1. The third-order valence-electron chi connectivity index (χ3n) is 4.93. The molecule has 2 fully saturated rings. The highest BCUT2D eigenvalue weighted by molar-refractivity contribution is 6.07. The van der Waals surface area contributed by atoms with E-state index >= 15 is 0 Å². The lowest BCUT2D eigenvalue weighted by Crippen LogP contribution is -2.48. The number of carbonyl (C=O) groups excluding carboxylic acids is 2. The molecular formula is C17H21FN2O3. The van der Waals surface area contributed by atoms with E-state index in [1.54, 1.807) is 6.92 Å². The van der Waals surface area contributed by atoms with Crippen molar-refractivity contribution in [2.75, 3.05) is 6.54 Å². The van der Waals surface area contributed by atoms with Crippen molar-refractivity contribution in [2.45, 2.75) is 50.2 Å². The Morgan fingerprint density at radius 1 is 1.17 bits per heavy atom. The summed E-state index contributed by atoms with van der Waals surface area (Å²) in [4.78, 5) is 26.1. The lowest BCUT2D eigenvalue weighted by Gasteiger charge is -2.34. The van der Waals surface area contributed by atoms with E-state index in [1.165, 1.54) is 24.3 Å². The standard InChI is InChI=1S/C17H21FN2O3/c1-16(12-5-7-13(18)8-6-12)14(21)20(15(22)19-16)11-17(23)9-3-2-4-10-17/h5-8,23H,2-4,9-11H2,1H3,(H,19,22). The van der Waals surface area contributed by atoms with E-state index in [-0.39, 0.29) is 6.54 Å². The molecule has 2 N–H and O–H groups in total. The number of nitrogens with zero attached hydrogens (tertiary/aromatic N) is 1. The fourth-order valence-electron chi connectivity index (χ4n) is 3.48. The third kappa shape index (κ3) is 2.83. The molecule has 0 spiro atoms. The summed E-state index contributed by atoms with van der Waals surface area (Å²) in [6.07, 6.45) is 4.05. The van der Waals surface area contributed by atoms with Gasteiger partial charge < -0.3 is 10.4 Å². The number of urea groups is 1. The zero-order valence-corrected chi connectivity index (χ0v) is 13.1. The predicted octanol–water partition coefficient (Wildman–Crippen LogP) is 2.29. The van der Waals surface area contributed by atoms with Crippen LogP contribution in [0.5, 0.6) is 0 Å². The van der Waals surface area contributed by atoms with Crippen LogP contribution in [0.1, 0.15) is 44.6 Å². The largest absolute Gasteiger partial charge is 0.388 e. The fourth-order valence-corrected chi connectivity index (χ4v) is 3.48. The first-order valence-corrected chi connectivity index (χ1v) is 7.97. The van der Waals surface area contributed by atoms with Gasteiger partial charge in [-0.15, -0.1) is 0 Å². The molecule has 1 saturated heterocycles. The van der Waals surface area contributed by atoms with Gasteiger partial charge in [0.25, 0.3) is 5.91 Å². The molecule has 6 heteroatoms. The van der Waals surface area contributed by atoms with Crippen molar-refractivity contribution < 1.29 is 19.1 Å². The molecule has 1 aliphatic heterocycles. The summed E-state index contributed by atoms with van der Waals surface area (Å²) in [6, 6.07) is 4.99. The van der Waals surface area contributed by atoms with Gasteiger partial charge in [0.05, 0.1) is 12.1 Å². The molecule has 1 unspecified atom stereocenters. The molecule has 0 bridgehead atoms. The normalized spacial score (nSPS) is 27.2. The lowest BCUT2D eigenvalue weighted by atomic mass is 9.84. The number of hydrogen-bond acceptors (Lipinski definition) is 3. The van der Waals surface area contributed by atoms with Gasteiger partial charge in [0.2, 0.25) is 0 Å². The number of nitrogens with one attached hydrogen (secondary N) is 1. The van der Waals surface area contributed by atoms with Gasteiger partial charge in [-0.25, -0.2) is 9.18 Å². The van der Waals surface area contributed by atoms with Crippen LogP contribution in [-0.4, -0.2) is 34.1 Å². The predicted molar refractivity (Wildman–Crippen MR) is 82.0 cm³/mol. The number of carbonyl (C=O) groups is 2. The van der Waals surface area contributed by atoms with Gasteiger partial charge in [0, 0.05) is 0 Å². The van der Waals surface area contributed by atoms with Gasteiger partial charge >= 0.3 is 6.03 Å². The molecule has 2 aliphatic rings. The van der Waals surface area contributed by atoms with Gasteiger partial charge in [-0.05, 0) is 37.5 Å². The second kappa shape index (κ2) is 5.60. The van der Waals surface area contributed by atoms with E-state index < -0.39 is 28.9 Å². The van der Waals surface area contributed by atoms with Gasteiger partial charge in [-0.1, -0.05) is 31.4 Å². The molecule has 1 saturated carbocycles. The second-order valence-corrected chi connectivity index (χ2v) is 6.74. The summed E-state index contributed by atoms with van der Waals surface area (Å²) in [5.41, 5.74) is -1.70. The van der Waals surface area contributed by atoms with Gasteiger partial charge in [0.1, 0.15) is 11.4 Å². The summed E-state index contributed by atoms with van der Waals surface area (Å²) in [6.45, 7) is 1.61. The molecule has 1 heterocycles. The van der Waals surface area contributed by atoms with E-state index in [4.69, 9.17) is 0 Å². The summed E-state index contributed by atoms with van der Waals surface area (Å²) < 4.78 is 13.1. The van der Waals surface area contributed by atoms with Crippen LogP contribution in [0.15, 0.2) is 24.3 Å². The number of hydrogen-bond donors (Lipinski definition) is 2. The first-order chi connectivity index (χ1) is 10.8. The van der Waals surface area contributed by atoms with Crippen LogP contribution in [0.3, 0.4) is 0 Å². The molecule has 0 radical (unpaired) electrons. The van der Waals surface area contributed by atoms with Crippen LogP contribution in [0.25, 0.3) is 0 Å². The number of amides is 3. The van der Waals surface area contributed by atoms with E-state index in [0.717, 1.165) is 24.2 Å². The van der Waals surface area contributed by atoms with Crippen LogP contribution in [0.4, 0.5) is 9.18 Å². The third-order valence-corrected chi connectivity index (χ3v) is 4.93. The monoisotopic (exact) mass is 320 g/mol. The molecule has 1 aromatic rings. The smallest absolute Gasteiger partial charge is 0.325 e. The lowest BCUT2D eigenvalue weighted by molar-refractivity contribution is -0.134. The molecule has 5 nitrogen and oxygen atoms in total. The van der Waals surface area contributed by atoms with Crippen molar-refractivity contribution in [3.63, 3.8) is 0 Å². The van der Waals surface area contributed by atoms with Gasteiger partial charge in [-0.2, -0.15) is 0 Å². The van der Waals surface area contributed by atoms with Crippen molar-refractivity contribution in [3.8, 4) is 0 Å². The molecule has 1 aromatic carbocycles. The highest BCUT2D eigenvalue weighted by Crippen LogP contribution is 2.33. The maximum absolute atomic E-state index is 13.1. The first kappa shape index (κ1) is 15.9. The van der Waals surface area contributed by atoms with E-state index in [2.05, 4.69) is 5.32 Å². The number of β-amino-alcohol motifs (C(OH)–C–C–N with tert-alkyl or cyclic N) is 1. The highest BCUT2D eigenvalue weighted by Gasteiger charge is 2.51. The minimum Gasteiger partial charge on any atom is -0.388 e. The van der Waals surface area contributed by atoms with E-state index in [1.807, 2.05) is 0 Å². The topological polar surface area (TPSA) is 69.6 Å². The molecule has 3 rings (SSSR count). The first-order valence-electron chi connectivity index (χ1n) is 7.97. The maximum atomic E-state index is 13.1. The Bertz CT molecular complexity index is 625. The van der Waals surface area contributed by atoms with Crippen LogP contribution < -0.4 is 5.32 Å². The van der Waals surface area contributed by atoms with Crippen molar-refractivity contribution in [1.82, 2.24) is 10.2 Å². The molecule has 3 amide bonds. The van der Waals surface area contributed by atoms with Crippen molar-refractivity contribution in [3.05, 3.63) is 35.6 Å².